The van der Waals surface area contributed by atoms with Crippen molar-refractivity contribution in [3.63, 3.8) is 0 Å². The average Bonchev–Trinajstić information content (AvgIpc) is 2.79. The molecule has 128 valence electrons. The predicted molar refractivity (Wildman–Crippen MR) is 95.3 cm³/mol. The lowest BCUT2D eigenvalue weighted by atomic mass is 10.2. The van der Waals surface area contributed by atoms with Gasteiger partial charge in [0.15, 0.2) is 0 Å². The third-order valence-corrected chi connectivity index (χ3v) is 3.77. The number of nitrogens with zero attached hydrogens (tertiary/aromatic N) is 1. The van der Waals surface area contributed by atoms with E-state index in [-0.39, 0.29) is 25.5 Å². The van der Waals surface area contributed by atoms with Crippen LogP contribution < -0.4 is 9.64 Å². The summed E-state index contributed by atoms with van der Waals surface area (Å²) < 4.78 is 10.8. The normalized spacial score (nSPS) is 13.9. The molecule has 5 nitrogen and oxygen atoms in total. The molecule has 25 heavy (non-hydrogen) atoms. The summed E-state index contributed by atoms with van der Waals surface area (Å²) in [5.41, 5.74) is 1.63. The summed E-state index contributed by atoms with van der Waals surface area (Å²) in [5, 5.41) is 0. The van der Waals surface area contributed by atoms with Crippen molar-refractivity contribution in [2.45, 2.75) is 6.42 Å². The fraction of sp³-hybridized carbons (Fsp3) is 0.200. The highest BCUT2D eigenvalue weighted by atomic mass is 16.5. The van der Waals surface area contributed by atoms with E-state index in [1.807, 2.05) is 48.5 Å². The van der Waals surface area contributed by atoms with Gasteiger partial charge in [0.05, 0.1) is 18.7 Å². The maximum atomic E-state index is 12.3. The molecule has 0 N–H and O–H groups in total. The van der Waals surface area contributed by atoms with Crippen LogP contribution in [0.15, 0.2) is 60.7 Å². The number of carbonyl (C=O) groups excluding carboxylic acids is 2. The van der Waals surface area contributed by atoms with Crippen molar-refractivity contribution in [2.75, 3.05) is 24.7 Å². The second-order valence-corrected chi connectivity index (χ2v) is 5.54. The molecule has 2 aromatic carbocycles. The largest absolute Gasteiger partial charge is 0.491 e. The van der Waals surface area contributed by atoms with Crippen LogP contribution in [0.1, 0.15) is 12.0 Å². The summed E-state index contributed by atoms with van der Waals surface area (Å²) in [6, 6.07) is 16.9. The number of ether oxygens (including phenoxy) is 2. The minimum absolute atomic E-state index is 0.127. The van der Waals surface area contributed by atoms with Gasteiger partial charge in [0, 0.05) is 0 Å². The fourth-order valence-electron chi connectivity index (χ4n) is 2.56. The lowest BCUT2D eigenvalue weighted by molar-refractivity contribution is -0.141. The van der Waals surface area contributed by atoms with Gasteiger partial charge in [-0.2, -0.15) is 0 Å². The number of hydrogen-bond donors (Lipinski definition) is 0. The van der Waals surface area contributed by atoms with Crippen molar-refractivity contribution in [3.05, 3.63) is 66.2 Å². The Morgan fingerprint density at radius 2 is 1.88 bits per heavy atom. The van der Waals surface area contributed by atoms with Crippen LogP contribution in [0.5, 0.6) is 5.75 Å². The van der Waals surface area contributed by atoms with Gasteiger partial charge in [-0.1, -0.05) is 48.5 Å². The molecule has 0 saturated heterocycles. The first-order valence-corrected chi connectivity index (χ1v) is 8.13. The van der Waals surface area contributed by atoms with Crippen LogP contribution in [0, 0.1) is 0 Å². The summed E-state index contributed by atoms with van der Waals surface area (Å²) >= 11 is 0. The molecule has 1 amide bonds. The van der Waals surface area contributed by atoms with Crippen LogP contribution >= 0.6 is 0 Å². The SMILES string of the molecule is O=C(CN1C(=O)CCOc2ccccc21)OC/C=C/c1ccccc1. The molecule has 5 heteroatoms. The molecule has 0 aliphatic carbocycles. The Morgan fingerprint density at radius 1 is 1.12 bits per heavy atom. The molecule has 1 aliphatic heterocycles. The van der Waals surface area contributed by atoms with Gasteiger partial charge in [0.25, 0.3) is 0 Å². The van der Waals surface area contributed by atoms with Crippen LogP contribution in [-0.4, -0.2) is 31.6 Å². The third-order valence-electron chi connectivity index (χ3n) is 3.77. The van der Waals surface area contributed by atoms with Gasteiger partial charge in [0.1, 0.15) is 18.9 Å². The number of hydrogen-bond acceptors (Lipinski definition) is 4. The Hall–Kier alpha value is -3.08. The van der Waals surface area contributed by atoms with E-state index in [9.17, 15) is 9.59 Å². The number of rotatable bonds is 5. The highest BCUT2D eigenvalue weighted by Crippen LogP contribution is 2.30. The number of esters is 1. The first kappa shape index (κ1) is 16.8. The number of benzene rings is 2. The second kappa shape index (κ2) is 8.15. The summed E-state index contributed by atoms with van der Waals surface area (Å²) in [4.78, 5) is 25.8. The van der Waals surface area contributed by atoms with E-state index in [2.05, 4.69) is 0 Å². The van der Waals surface area contributed by atoms with E-state index in [0.717, 1.165) is 5.56 Å². The van der Waals surface area contributed by atoms with Gasteiger partial charge in [-0.15, -0.1) is 0 Å². The lowest BCUT2D eigenvalue weighted by Gasteiger charge is -2.20. The zero-order chi connectivity index (χ0) is 17.5. The number of fused-ring (bicyclic) bond motifs is 1. The van der Waals surface area contributed by atoms with Crippen molar-refractivity contribution in [3.8, 4) is 5.75 Å². The molecule has 0 bridgehead atoms. The Kier molecular flexibility index (Phi) is 5.46. The maximum Gasteiger partial charge on any atom is 0.326 e. The van der Waals surface area contributed by atoms with Gasteiger partial charge in [-0.05, 0) is 23.8 Å². The minimum atomic E-state index is -0.456. The first-order chi connectivity index (χ1) is 12.2. The van der Waals surface area contributed by atoms with E-state index >= 15 is 0 Å². The summed E-state index contributed by atoms with van der Waals surface area (Å²) in [6.07, 6.45) is 3.89. The Morgan fingerprint density at radius 3 is 2.72 bits per heavy atom. The quantitative estimate of drug-likeness (QED) is 0.787. The molecule has 0 atom stereocenters. The van der Waals surface area contributed by atoms with E-state index < -0.39 is 5.97 Å². The first-order valence-electron chi connectivity index (χ1n) is 8.13. The summed E-state index contributed by atoms with van der Waals surface area (Å²) in [7, 11) is 0. The second-order valence-electron chi connectivity index (χ2n) is 5.54. The van der Waals surface area contributed by atoms with Crippen molar-refractivity contribution in [2.24, 2.45) is 0 Å². The summed E-state index contributed by atoms with van der Waals surface area (Å²) in [5.74, 6) is -0.00499. The van der Waals surface area contributed by atoms with Crippen molar-refractivity contribution in [1.82, 2.24) is 0 Å². The average molecular weight is 337 g/mol. The van der Waals surface area contributed by atoms with Crippen LogP contribution in [0.25, 0.3) is 6.08 Å². The molecule has 0 saturated carbocycles. The van der Waals surface area contributed by atoms with Gasteiger partial charge in [-0.3, -0.25) is 14.5 Å². The molecule has 1 aliphatic rings. The Labute approximate surface area is 146 Å². The van der Waals surface area contributed by atoms with Gasteiger partial charge >= 0.3 is 5.97 Å². The number of carbonyl (C=O) groups is 2. The zero-order valence-corrected chi connectivity index (χ0v) is 13.8. The number of para-hydroxylation sites is 2. The van der Waals surface area contributed by atoms with Crippen LogP contribution in [-0.2, 0) is 14.3 Å². The van der Waals surface area contributed by atoms with Crippen molar-refractivity contribution < 1.29 is 19.1 Å². The molecule has 3 rings (SSSR count). The van der Waals surface area contributed by atoms with Gasteiger partial charge < -0.3 is 9.47 Å². The molecule has 0 spiro atoms. The minimum Gasteiger partial charge on any atom is -0.491 e. The Bertz CT molecular complexity index is 770. The summed E-state index contributed by atoms with van der Waals surface area (Å²) in [6.45, 7) is 0.341. The van der Waals surface area contributed by atoms with E-state index in [4.69, 9.17) is 9.47 Å². The smallest absolute Gasteiger partial charge is 0.326 e. The van der Waals surface area contributed by atoms with Crippen molar-refractivity contribution in [1.29, 1.82) is 0 Å². The maximum absolute atomic E-state index is 12.3. The standard InChI is InChI=1S/C20H19NO4/c22-19-12-14-24-18-11-5-4-10-17(18)21(19)15-20(23)25-13-6-9-16-7-2-1-3-8-16/h1-11H,12-15H2/b9-6+. The fourth-order valence-corrected chi connectivity index (χ4v) is 2.56. The highest BCUT2D eigenvalue weighted by Gasteiger charge is 2.25. The van der Waals surface area contributed by atoms with Crippen LogP contribution in [0.4, 0.5) is 5.69 Å². The zero-order valence-electron chi connectivity index (χ0n) is 13.8. The molecular formula is C20H19NO4. The number of anilines is 1. The molecule has 0 unspecified atom stereocenters. The van der Waals surface area contributed by atoms with E-state index in [1.54, 1.807) is 18.2 Å². The lowest BCUT2D eigenvalue weighted by Crippen LogP contribution is -2.36. The molecule has 0 aromatic heterocycles. The van der Waals surface area contributed by atoms with Crippen LogP contribution in [0.2, 0.25) is 0 Å². The molecule has 0 radical (unpaired) electrons. The monoisotopic (exact) mass is 337 g/mol. The van der Waals surface area contributed by atoms with Gasteiger partial charge in [0.2, 0.25) is 5.91 Å². The van der Waals surface area contributed by atoms with Crippen molar-refractivity contribution >= 4 is 23.6 Å². The number of amides is 1. The highest BCUT2D eigenvalue weighted by molar-refractivity contribution is 5.99. The topological polar surface area (TPSA) is 55.8 Å². The predicted octanol–water partition coefficient (Wildman–Crippen LogP) is 3.06. The molecular weight excluding hydrogens is 318 g/mol. The molecule has 2 aromatic rings. The third kappa shape index (κ3) is 4.47. The Balaban J connectivity index is 1.58. The molecule has 0 fully saturated rings. The van der Waals surface area contributed by atoms with Gasteiger partial charge in [-0.25, -0.2) is 0 Å². The van der Waals surface area contributed by atoms with E-state index in [1.165, 1.54) is 4.90 Å². The molecule has 1 heterocycles. The van der Waals surface area contributed by atoms with Crippen LogP contribution in [0.3, 0.4) is 0 Å². The van der Waals surface area contributed by atoms with E-state index in [0.29, 0.717) is 18.0 Å².